The van der Waals surface area contributed by atoms with Crippen molar-refractivity contribution in [3.63, 3.8) is 0 Å². The summed E-state index contributed by atoms with van der Waals surface area (Å²) in [6.07, 6.45) is 4.13. The summed E-state index contributed by atoms with van der Waals surface area (Å²) in [5.74, 6) is 0.827. The number of rotatable bonds is 5. The van der Waals surface area contributed by atoms with Crippen LogP contribution in [0.4, 0.5) is 5.69 Å². The third kappa shape index (κ3) is 3.88. The van der Waals surface area contributed by atoms with E-state index >= 15 is 0 Å². The molecule has 0 radical (unpaired) electrons. The molecule has 126 valence electrons. The molecule has 0 saturated carbocycles. The summed E-state index contributed by atoms with van der Waals surface area (Å²) < 4.78 is 7.38. The highest BCUT2D eigenvalue weighted by molar-refractivity contribution is 7.08. The maximum Gasteiger partial charge on any atom is 0.248 e. The molecule has 24 heavy (non-hydrogen) atoms. The van der Waals surface area contributed by atoms with Crippen LogP contribution in [-0.4, -0.2) is 25.9 Å². The van der Waals surface area contributed by atoms with Crippen LogP contribution in [0.25, 0.3) is 11.5 Å². The van der Waals surface area contributed by atoms with Crippen molar-refractivity contribution in [2.24, 2.45) is 0 Å². The SMILES string of the molecule is CC(C)(C)n1cc(NC(=O)CCc2nnc(-c3ccsc3)o2)cn1. The van der Waals surface area contributed by atoms with Crippen LogP contribution in [0.1, 0.15) is 33.1 Å². The number of amides is 1. The molecule has 0 aliphatic heterocycles. The normalized spacial score (nSPS) is 11.6. The number of nitrogens with one attached hydrogen (secondary N) is 1. The molecule has 1 amide bonds. The van der Waals surface area contributed by atoms with Gasteiger partial charge >= 0.3 is 0 Å². The number of hydrogen-bond acceptors (Lipinski definition) is 6. The van der Waals surface area contributed by atoms with Gasteiger partial charge in [0.15, 0.2) is 0 Å². The second-order valence-electron chi connectivity index (χ2n) is 6.41. The Morgan fingerprint density at radius 2 is 2.21 bits per heavy atom. The lowest BCUT2D eigenvalue weighted by Gasteiger charge is -2.18. The molecule has 0 aromatic carbocycles. The van der Waals surface area contributed by atoms with Crippen molar-refractivity contribution >= 4 is 22.9 Å². The number of thiophene rings is 1. The number of carbonyl (C=O) groups is 1. The Morgan fingerprint density at radius 3 is 2.88 bits per heavy atom. The predicted molar refractivity (Wildman–Crippen MR) is 91.8 cm³/mol. The lowest BCUT2D eigenvalue weighted by Crippen LogP contribution is -2.22. The Hall–Kier alpha value is -2.48. The molecule has 3 aromatic heterocycles. The summed E-state index contributed by atoms with van der Waals surface area (Å²) >= 11 is 1.57. The smallest absolute Gasteiger partial charge is 0.248 e. The summed E-state index contributed by atoms with van der Waals surface area (Å²) in [6.45, 7) is 6.14. The molecule has 0 unspecified atom stereocenters. The van der Waals surface area contributed by atoms with E-state index in [2.05, 4.69) is 20.6 Å². The van der Waals surface area contributed by atoms with Gasteiger partial charge < -0.3 is 9.73 Å². The van der Waals surface area contributed by atoms with E-state index in [4.69, 9.17) is 4.42 Å². The van der Waals surface area contributed by atoms with Gasteiger partial charge in [0.2, 0.25) is 17.7 Å². The minimum atomic E-state index is -0.120. The number of aromatic nitrogens is 4. The Balaban J connectivity index is 1.53. The van der Waals surface area contributed by atoms with Crippen molar-refractivity contribution in [1.29, 1.82) is 0 Å². The van der Waals surface area contributed by atoms with Gasteiger partial charge in [-0.25, -0.2) is 0 Å². The van der Waals surface area contributed by atoms with E-state index in [1.54, 1.807) is 17.5 Å². The fraction of sp³-hybridized carbons (Fsp3) is 0.375. The van der Waals surface area contributed by atoms with Crippen molar-refractivity contribution in [1.82, 2.24) is 20.0 Å². The van der Waals surface area contributed by atoms with Gasteiger partial charge in [-0.1, -0.05) is 0 Å². The van der Waals surface area contributed by atoms with Gasteiger partial charge in [-0.2, -0.15) is 16.4 Å². The highest BCUT2D eigenvalue weighted by atomic mass is 32.1. The summed E-state index contributed by atoms with van der Waals surface area (Å²) in [6, 6.07) is 1.92. The molecule has 0 atom stereocenters. The van der Waals surface area contributed by atoms with Crippen molar-refractivity contribution < 1.29 is 9.21 Å². The van der Waals surface area contributed by atoms with E-state index in [-0.39, 0.29) is 17.9 Å². The molecule has 0 fully saturated rings. The minimum absolute atomic E-state index is 0.112. The molecule has 0 aliphatic rings. The Bertz CT molecular complexity index is 814. The van der Waals surface area contributed by atoms with Crippen LogP contribution in [0.3, 0.4) is 0 Å². The zero-order valence-electron chi connectivity index (χ0n) is 13.8. The first-order chi connectivity index (χ1) is 11.4. The van der Waals surface area contributed by atoms with Gasteiger partial charge in [-0.3, -0.25) is 9.48 Å². The van der Waals surface area contributed by atoms with Crippen LogP contribution in [0, 0.1) is 0 Å². The fourth-order valence-corrected chi connectivity index (χ4v) is 2.69. The van der Waals surface area contributed by atoms with Gasteiger partial charge in [0.25, 0.3) is 0 Å². The molecule has 8 heteroatoms. The lowest BCUT2D eigenvalue weighted by atomic mass is 10.1. The van der Waals surface area contributed by atoms with Crippen LogP contribution in [0.2, 0.25) is 0 Å². The second kappa shape index (κ2) is 6.56. The second-order valence-corrected chi connectivity index (χ2v) is 7.19. The minimum Gasteiger partial charge on any atom is -0.421 e. The number of nitrogens with zero attached hydrogens (tertiary/aromatic N) is 4. The molecular weight excluding hydrogens is 326 g/mol. The van der Waals surface area contributed by atoms with Gasteiger partial charge in [0.1, 0.15) is 0 Å². The van der Waals surface area contributed by atoms with E-state index < -0.39 is 0 Å². The van der Waals surface area contributed by atoms with Gasteiger partial charge in [-0.05, 0) is 32.2 Å². The maximum absolute atomic E-state index is 12.0. The molecule has 3 rings (SSSR count). The van der Waals surface area contributed by atoms with E-state index in [1.807, 2.05) is 48.5 Å². The predicted octanol–water partition coefficient (Wildman–Crippen LogP) is 3.32. The highest BCUT2D eigenvalue weighted by Gasteiger charge is 2.15. The Labute approximate surface area is 143 Å². The van der Waals surface area contributed by atoms with Crippen molar-refractivity contribution in [2.75, 3.05) is 5.32 Å². The van der Waals surface area contributed by atoms with E-state index in [1.165, 1.54) is 0 Å². The zero-order valence-corrected chi connectivity index (χ0v) is 14.6. The maximum atomic E-state index is 12.0. The molecule has 0 saturated heterocycles. The summed E-state index contributed by atoms with van der Waals surface area (Å²) in [7, 11) is 0. The first-order valence-electron chi connectivity index (χ1n) is 7.62. The van der Waals surface area contributed by atoms with Gasteiger partial charge in [0.05, 0.1) is 17.4 Å². The van der Waals surface area contributed by atoms with Crippen molar-refractivity contribution in [3.05, 3.63) is 35.1 Å². The van der Waals surface area contributed by atoms with Crippen LogP contribution in [0.15, 0.2) is 33.6 Å². The van der Waals surface area contributed by atoms with Crippen LogP contribution in [0.5, 0.6) is 0 Å². The average molecular weight is 345 g/mol. The number of anilines is 1. The number of aryl methyl sites for hydroxylation is 1. The quantitative estimate of drug-likeness (QED) is 0.766. The third-order valence-electron chi connectivity index (χ3n) is 3.35. The van der Waals surface area contributed by atoms with Crippen molar-refractivity contribution in [3.8, 4) is 11.5 Å². The lowest BCUT2D eigenvalue weighted by molar-refractivity contribution is -0.116. The standard InChI is InChI=1S/C16H19N5O2S/c1-16(2,3)21-9-12(8-17-21)18-13(22)4-5-14-19-20-15(23-14)11-6-7-24-10-11/h6-10H,4-5H2,1-3H3,(H,18,22). The average Bonchev–Trinajstić information content (AvgIpc) is 3.25. The molecule has 7 nitrogen and oxygen atoms in total. The van der Waals surface area contributed by atoms with Gasteiger partial charge in [0, 0.05) is 30.0 Å². The topological polar surface area (TPSA) is 85.8 Å². The highest BCUT2D eigenvalue weighted by Crippen LogP contribution is 2.21. The largest absolute Gasteiger partial charge is 0.421 e. The number of carbonyl (C=O) groups excluding carboxylic acids is 1. The first kappa shape index (κ1) is 16.4. The molecule has 0 spiro atoms. The Morgan fingerprint density at radius 1 is 1.38 bits per heavy atom. The molecule has 0 bridgehead atoms. The number of hydrogen-bond donors (Lipinski definition) is 1. The molecule has 1 N–H and O–H groups in total. The van der Waals surface area contributed by atoms with Crippen LogP contribution in [-0.2, 0) is 16.8 Å². The zero-order chi connectivity index (χ0) is 17.2. The summed E-state index contributed by atoms with van der Waals surface area (Å²) in [5, 5.41) is 18.9. The monoisotopic (exact) mass is 345 g/mol. The van der Waals surface area contributed by atoms with Crippen LogP contribution < -0.4 is 5.32 Å². The van der Waals surface area contributed by atoms with E-state index in [0.717, 1.165) is 5.56 Å². The summed E-state index contributed by atoms with van der Waals surface area (Å²) in [5.41, 5.74) is 1.46. The first-order valence-corrected chi connectivity index (χ1v) is 8.56. The van der Waals surface area contributed by atoms with Crippen molar-refractivity contribution in [2.45, 2.75) is 39.2 Å². The van der Waals surface area contributed by atoms with E-state index in [9.17, 15) is 4.79 Å². The Kier molecular flexibility index (Phi) is 4.48. The van der Waals surface area contributed by atoms with Gasteiger partial charge in [-0.15, -0.1) is 10.2 Å². The summed E-state index contributed by atoms with van der Waals surface area (Å²) in [4.78, 5) is 12.0. The van der Waals surface area contributed by atoms with Crippen LogP contribution >= 0.6 is 11.3 Å². The van der Waals surface area contributed by atoms with E-state index in [0.29, 0.717) is 23.9 Å². The fourth-order valence-electron chi connectivity index (χ4n) is 2.06. The third-order valence-corrected chi connectivity index (χ3v) is 4.04. The molecule has 3 heterocycles. The molecule has 0 aliphatic carbocycles. The molecule has 3 aromatic rings. The molecular formula is C16H19N5O2S.